The monoisotopic (exact) mass is 324 g/mol. The topological polar surface area (TPSA) is 56.7 Å². The van der Waals surface area contributed by atoms with Crippen LogP contribution in [0.3, 0.4) is 0 Å². The van der Waals surface area contributed by atoms with E-state index in [1.54, 1.807) is 0 Å². The van der Waals surface area contributed by atoms with E-state index < -0.39 is 0 Å². The van der Waals surface area contributed by atoms with Crippen LogP contribution in [0.5, 0.6) is 0 Å². The van der Waals surface area contributed by atoms with E-state index in [0.717, 1.165) is 42.7 Å². The van der Waals surface area contributed by atoms with Crippen LogP contribution in [0, 0.1) is 0 Å². The zero-order valence-corrected chi connectivity index (χ0v) is 13.4. The van der Waals surface area contributed by atoms with Crippen molar-refractivity contribution >= 4 is 11.8 Å². The van der Waals surface area contributed by atoms with Crippen molar-refractivity contribution in [3.63, 3.8) is 0 Å². The van der Waals surface area contributed by atoms with Crippen LogP contribution >= 0.6 is 11.8 Å². The Hall–Kier alpha value is -2.08. The molecule has 0 saturated heterocycles. The van der Waals surface area contributed by atoms with E-state index in [1.807, 2.05) is 24.2 Å². The number of rotatable bonds is 2. The second-order valence-corrected chi connectivity index (χ2v) is 7.18. The zero-order valence-electron chi connectivity index (χ0n) is 12.6. The lowest BCUT2D eigenvalue weighted by molar-refractivity contribution is 0.320. The van der Waals surface area contributed by atoms with Crippen LogP contribution in [-0.4, -0.2) is 25.4 Å². The molecule has 2 unspecified atom stereocenters. The molecule has 0 aliphatic carbocycles. The fourth-order valence-corrected chi connectivity index (χ4v) is 4.72. The molecule has 0 radical (unpaired) electrons. The summed E-state index contributed by atoms with van der Waals surface area (Å²) in [5.41, 5.74) is 1.32. The van der Waals surface area contributed by atoms with Crippen LogP contribution < -0.4 is 0 Å². The molecule has 3 aromatic rings. The fraction of sp³-hybridized carbons (Fsp3) is 0.353. The number of thioether (sulfide) groups is 1. The van der Waals surface area contributed by atoms with Crippen molar-refractivity contribution in [3.05, 3.63) is 59.8 Å². The Labute approximate surface area is 138 Å². The summed E-state index contributed by atoms with van der Waals surface area (Å²) in [4.78, 5) is 10.5. The van der Waals surface area contributed by atoms with Crippen molar-refractivity contribution in [2.45, 2.75) is 36.1 Å². The van der Waals surface area contributed by atoms with Crippen LogP contribution in [0.1, 0.15) is 41.4 Å². The molecule has 5 rings (SSSR count). The molecule has 6 heteroatoms. The molecule has 0 N–H and O–H groups in total. The maximum atomic E-state index is 5.62. The van der Waals surface area contributed by atoms with Crippen molar-refractivity contribution < 1.29 is 4.52 Å². The summed E-state index contributed by atoms with van der Waals surface area (Å²) in [5, 5.41) is 4.29. The first-order valence-corrected chi connectivity index (χ1v) is 8.92. The van der Waals surface area contributed by atoms with Crippen LogP contribution in [0.4, 0.5) is 0 Å². The van der Waals surface area contributed by atoms with E-state index in [-0.39, 0.29) is 11.8 Å². The van der Waals surface area contributed by atoms with Gasteiger partial charge in [0.15, 0.2) is 5.82 Å². The fourth-order valence-electron chi connectivity index (χ4n) is 3.49. The van der Waals surface area contributed by atoms with Gasteiger partial charge in [-0.05, 0) is 18.1 Å². The van der Waals surface area contributed by atoms with E-state index in [9.17, 15) is 0 Å². The van der Waals surface area contributed by atoms with Gasteiger partial charge in [-0.25, -0.2) is 4.98 Å². The van der Waals surface area contributed by atoms with Crippen LogP contribution in [0.2, 0.25) is 0 Å². The molecular weight excluding hydrogens is 308 g/mol. The molecule has 2 atom stereocenters. The minimum absolute atomic E-state index is 0.249. The number of hydrogen-bond donors (Lipinski definition) is 0. The van der Waals surface area contributed by atoms with Gasteiger partial charge in [0.05, 0.1) is 5.92 Å². The Morgan fingerprint density at radius 3 is 3.22 bits per heavy atom. The molecule has 1 aromatic carbocycles. The van der Waals surface area contributed by atoms with E-state index in [2.05, 4.69) is 39.0 Å². The zero-order chi connectivity index (χ0) is 15.2. The second kappa shape index (κ2) is 5.23. The summed E-state index contributed by atoms with van der Waals surface area (Å²) in [6.07, 6.45) is 5.81. The first kappa shape index (κ1) is 13.4. The first-order valence-electron chi connectivity index (χ1n) is 7.94. The van der Waals surface area contributed by atoms with Gasteiger partial charge in [0.1, 0.15) is 5.82 Å². The average Bonchev–Trinajstić information content (AvgIpc) is 3.32. The van der Waals surface area contributed by atoms with Gasteiger partial charge in [-0.2, -0.15) is 4.98 Å². The standard InChI is InChI=1S/C17H16N4OS/c1-2-4-14-12(3-1)13(10-23-14)16-19-17(22-20-16)11-5-7-21-8-6-18-15(21)9-11/h1-4,6,8,11,13H,5,7,9-10H2. The number of benzene rings is 1. The number of aryl methyl sites for hydroxylation is 1. The third-order valence-electron chi connectivity index (χ3n) is 4.77. The quantitative estimate of drug-likeness (QED) is 0.724. The van der Waals surface area contributed by atoms with Crippen LogP contribution in [0.15, 0.2) is 46.1 Å². The first-order chi connectivity index (χ1) is 11.4. The van der Waals surface area contributed by atoms with Crippen molar-refractivity contribution in [2.24, 2.45) is 0 Å². The molecule has 5 nitrogen and oxygen atoms in total. The highest BCUT2D eigenvalue weighted by molar-refractivity contribution is 7.99. The minimum atomic E-state index is 0.249. The van der Waals surface area contributed by atoms with Gasteiger partial charge >= 0.3 is 0 Å². The lowest BCUT2D eigenvalue weighted by atomic mass is 9.97. The lowest BCUT2D eigenvalue weighted by Crippen LogP contribution is -2.18. The number of hydrogen-bond acceptors (Lipinski definition) is 5. The summed E-state index contributed by atoms with van der Waals surface area (Å²) < 4.78 is 7.82. The Bertz CT molecular complexity index is 856. The summed E-state index contributed by atoms with van der Waals surface area (Å²) >= 11 is 1.87. The highest BCUT2D eigenvalue weighted by atomic mass is 32.2. The highest BCUT2D eigenvalue weighted by Gasteiger charge is 2.31. The third-order valence-corrected chi connectivity index (χ3v) is 5.95. The molecule has 23 heavy (non-hydrogen) atoms. The maximum Gasteiger partial charge on any atom is 0.230 e. The molecule has 0 spiro atoms. The van der Waals surface area contributed by atoms with E-state index >= 15 is 0 Å². The molecule has 0 saturated carbocycles. The second-order valence-electron chi connectivity index (χ2n) is 6.12. The van der Waals surface area contributed by atoms with Gasteiger partial charge in [-0.3, -0.25) is 0 Å². The van der Waals surface area contributed by atoms with Gasteiger partial charge in [-0.1, -0.05) is 23.4 Å². The summed E-state index contributed by atoms with van der Waals surface area (Å²) in [5.74, 6) is 4.24. The van der Waals surface area contributed by atoms with Gasteiger partial charge in [-0.15, -0.1) is 11.8 Å². The Morgan fingerprint density at radius 1 is 1.26 bits per heavy atom. The maximum absolute atomic E-state index is 5.62. The Kier molecular flexibility index (Phi) is 3.04. The van der Waals surface area contributed by atoms with Gasteiger partial charge < -0.3 is 9.09 Å². The van der Waals surface area contributed by atoms with Gasteiger partial charge in [0.25, 0.3) is 0 Å². The molecule has 2 aliphatic heterocycles. The normalized spacial score (nSPS) is 22.8. The van der Waals surface area contributed by atoms with Crippen molar-refractivity contribution in [1.29, 1.82) is 0 Å². The Balaban J connectivity index is 1.42. The van der Waals surface area contributed by atoms with Gasteiger partial charge in [0, 0.05) is 41.9 Å². The molecular formula is C17H16N4OS. The van der Waals surface area contributed by atoms with Gasteiger partial charge in [0.2, 0.25) is 5.89 Å². The van der Waals surface area contributed by atoms with Crippen molar-refractivity contribution in [3.8, 4) is 0 Å². The SMILES string of the molecule is c1ccc2c(c1)SCC2c1noc(C2CCn3ccnc3C2)n1. The van der Waals surface area contributed by atoms with Crippen molar-refractivity contribution in [1.82, 2.24) is 19.7 Å². The van der Waals surface area contributed by atoms with E-state index in [0.29, 0.717) is 0 Å². The number of imidazole rings is 1. The largest absolute Gasteiger partial charge is 0.339 e. The number of aromatic nitrogens is 4. The molecule has 2 aliphatic rings. The van der Waals surface area contributed by atoms with E-state index in [1.165, 1.54) is 10.5 Å². The van der Waals surface area contributed by atoms with E-state index in [4.69, 9.17) is 9.51 Å². The minimum Gasteiger partial charge on any atom is -0.339 e. The van der Waals surface area contributed by atoms with Crippen molar-refractivity contribution in [2.75, 3.05) is 5.75 Å². The molecule has 0 amide bonds. The summed E-state index contributed by atoms with van der Waals surface area (Å²) in [7, 11) is 0. The Morgan fingerprint density at radius 2 is 2.22 bits per heavy atom. The third kappa shape index (κ3) is 2.20. The number of fused-ring (bicyclic) bond motifs is 2. The number of nitrogens with zero attached hydrogens (tertiary/aromatic N) is 4. The smallest absolute Gasteiger partial charge is 0.230 e. The molecule has 0 bridgehead atoms. The van der Waals surface area contributed by atoms with Crippen LogP contribution in [0.25, 0.3) is 0 Å². The highest BCUT2D eigenvalue weighted by Crippen LogP contribution is 2.42. The predicted molar refractivity (Wildman–Crippen MR) is 86.6 cm³/mol. The molecule has 116 valence electrons. The van der Waals surface area contributed by atoms with Crippen LogP contribution in [-0.2, 0) is 13.0 Å². The molecule has 2 aromatic heterocycles. The lowest BCUT2D eigenvalue weighted by Gasteiger charge is -2.20. The summed E-state index contributed by atoms with van der Waals surface area (Å²) in [6.45, 7) is 0.972. The molecule has 4 heterocycles. The average molecular weight is 324 g/mol. The summed E-state index contributed by atoms with van der Waals surface area (Å²) in [6, 6.07) is 8.51. The molecule has 0 fully saturated rings. The predicted octanol–water partition coefficient (Wildman–Crippen LogP) is 3.23.